The quantitative estimate of drug-likeness (QED) is 0.858. The molecule has 0 spiro atoms. The lowest BCUT2D eigenvalue weighted by atomic mass is 10.2. The van der Waals surface area contributed by atoms with Gasteiger partial charge in [-0.05, 0) is 5.56 Å². The predicted octanol–water partition coefficient (Wildman–Crippen LogP) is 0.983. The molecule has 2 heterocycles. The van der Waals surface area contributed by atoms with Crippen LogP contribution in [0.2, 0.25) is 0 Å². The van der Waals surface area contributed by atoms with Gasteiger partial charge >= 0.3 is 0 Å². The summed E-state index contributed by atoms with van der Waals surface area (Å²) in [6, 6.07) is 10.1. The van der Waals surface area contributed by atoms with Gasteiger partial charge in [0.2, 0.25) is 0 Å². The number of hydrogen-bond acceptors (Lipinski definition) is 5. The van der Waals surface area contributed by atoms with Crippen molar-refractivity contribution in [1.82, 2.24) is 20.3 Å². The third-order valence-electron chi connectivity index (χ3n) is 3.34. The SMILES string of the molecule is c1ccc(COCc2cn(C[C@@H]3CNCCO3)nn2)cc1. The lowest BCUT2D eigenvalue weighted by Crippen LogP contribution is -2.40. The van der Waals surface area contributed by atoms with Gasteiger partial charge in [-0.25, -0.2) is 4.68 Å². The zero-order valence-electron chi connectivity index (χ0n) is 11.9. The highest BCUT2D eigenvalue weighted by Crippen LogP contribution is 2.05. The Morgan fingerprint density at radius 2 is 2.19 bits per heavy atom. The lowest BCUT2D eigenvalue weighted by molar-refractivity contribution is 0.0158. The second-order valence-electron chi connectivity index (χ2n) is 5.11. The van der Waals surface area contributed by atoms with Crippen molar-refractivity contribution >= 4 is 0 Å². The highest BCUT2D eigenvalue weighted by Gasteiger charge is 2.14. The molecule has 6 nitrogen and oxygen atoms in total. The first-order valence-corrected chi connectivity index (χ1v) is 7.23. The van der Waals surface area contributed by atoms with Crippen LogP contribution >= 0.6 is 0 Å². The number of nitrogens with zero attached hydrogens (tertiary/aromatic N) is 3. The minimum Gasteiger partial charge on any atom is -0.374 e. The van der Waals surface area contributed by atoms with Gasteiger partial charge < -0.3 is 14.8 Å². The fourth-order valence-corrected chi connectivity index (χ4v) is 2.29. The Hall–Kier alpha value is -1.76. The highest BCUT2D eigenvalue weighted by molar-refractivity contribution is 5.13. The van der Waals surface area contributed by atoms with Crippen LogP contribution in [0.1, 0.15) is 11.3 Å². The smallest absolute Gasteiger partial charge is 0.108 e. The normalized spacial score (nSPS) is 18.8. The average molecular weight is 288 g/mol. The van der Waals surface area contributed by atoms with Crippen LogP contribution in [0, 0.1) is 0 Å². The number of morpholine rings is 1. The van der Waals surface area contributed by atoms with E-state index in [9.17, 15) is 0 Å². The Morgan fingerprint density at radius 1 is 1.29 bits per heavy atom. The van der Waals surface area contributed by atoms with Crippen LogP contribution in [0.3, 0.4) is 0 Å². The van der Waals surface area contributed by atoms with Crippen molar-refractivity contribution in [3.63, 3.8) is 0 Å². The summed E-state index contributed by atoms with van der Waals surface area (Å²) in [6.07, 6.45) is 2.08. The van der Waals surface area contributed by atoms with Gasteiger partial charge in [-0.3, -0.25) is 0 Å². The average Bonchev–Trinajstić information content (AvgIpc) is 2.97. The van der Waals surface area contributed by atoms with Gasteiger partial charge in [0.25, 0.3) is 0 Å². The molecule has 21 heavy (non-hydrogen) atoms. The van der Waals surface area contributed by atoms with E-state index in [2.05, 4.69) is 15.6 Å². The molecule has 1 aliphatic heterocycles. The van der Waals surface area contributed by atoms with E-state index in [4.69, 9.17) is 9.47 Å². The molecule has 1 saturated heterocycles. The van der Waals surface area contributed by atoms with Gasteiger partial charge in [-0.2, -0.15) is 0 Å². The molecule has 0 amide bonds. The van der Waals surface area contributed by atoms with Crippen LogP contribution in [-0.2, 0) is 29.2 Å². The van der Waals surface area contributed by atoms with Crippen LogP contribution in [0.4, 0.5) is 0 Å². The minimum atomic E-state index is 0.165. The van der Waals surface area contributed by atoms with E-state index in [-0.39, 0.29) is 6.10 Å². The third-order valence-corrected chi connectivity index (χ3v) is 3.34. The number of benzene rings is 1. The predicted molar refractivity (Wildman–Crippen MR) is 77.6 cm³/mol. The summed E-state index contributed by atoms with van der Waals surface area (Å²) in [5.74, 6) is 0. The fourth-order valence-electron chi connectivity index (χ4n) is 2.29. The molecule has 3 rings (SSSR count). The summed E-state index contributed by atoms with van der Waals surface area (Å²) in [6.45, 7) is 4.32. The molecule has 112 valence electrons. The molecule has 0 unspecified atom stereocenters. The molecule has 0 saturated carbocycles. The lowest BCUT2D eigenvalue weighted by Gasteiger charge is -2.23. The summed E-state index contributed by atoms with van der Waals surface area (Å²) in [7, 11) is 0. The molecule has 1 N–H and O–H groups in total. The van der Waals surface area contributed by atoms with E-state index in [0.29, 0.717) is 13.2 Å². The van der Waals surface area contributed by atoms with Crippen molar-refractivity contribution in [3.05, 3.63) is 47.8 Å². The van der Waals surface area contributed by atoms with Crippen molar-refractivity contribution in [2.75, 3.05) is 19.7 Å². The van der Waals surface area contributed by atoms with E-state index in [1.807, 2.05) is 41.2 Å². The van der Waals surface area contributed by atoms with Crippen LogP contribution in [0.25, 0.3) is 0 Å². The summed E-state index contributed by atoms with van der Waals surface area (Å²) in [5, 5.41) is 11.5. The topological polar surface area (TPSA) is 61.2 Å². The zero-order valence-corrected chi connectivity index (χ0v) is 11.9. The first-order valence-electron chi connectivity index (χ1n) is 7.23. The van der Waals surface area contributed by atoms with Crippen molar-refractivity contribution in [3.8, 4) is 0 Å². The Kier molecular flexibility index (Phi) is 4.94. The largest absolute Gasteiger partial charge is 0.374 e. The number of hydrogen-bond donors (Lipinski definition) is 1. The van der Waals surface area contributed by atoms with Gasteiger partial charge in [0, 0.05) is 13.1 Å². The summed E-state index contributed by atoms with van der Waals surface area (Å²) in [4.78, 5) is 0. The van der Waals surface area contributed by atoms with Gasteiger partial charge in [0.15, 0.2) is 0 Å². The Morgan fingerprint density at radius 3 is 3.00 bits per heavy atom. The molecule has 1 aromatic heterocycles. The zero-order chi connectivity index (χ0) is 14.3. The van der Waals surface area contributed by atoms with E-state index in [1.165, 1.54) is 0 Å². The van der Waals surface area contributed by atoms with Crippen LogP contribution < -0.4 is 5.32 Å². The van der Waals surface area contributed by atoms with E-state index in [1.54, 1.807) is 0 Å². The molecule has 1 aromatic carbocycles. The molecule has 0 bridgehead atoms. The Bertz CT molecular complexity index is 538. The molecule has 0 aliphatic carbocycles. The maximum absolute atomic E-state index is 5.65. The van der Waals surface area contributed by atoms with E-state index in [0.717, 1.165) is 37.5 Å². The maximum Gasteiger partial charge on any atom is 0.108 e. The second kappa shape index (κ2) is 7.31. The molecule has 2 aromatic rings. The van der Waals surface area contributed by atoms with Gasteiger partial charge in [0.05, 0.1) is 38.7 Å². The molecule has 1 atom stereocenters. The molecular weight excluding hydrogens is 268 g/mol. The van der Waals surface area contributed by atoms with Crippen molar-refractivity contribution in [2.24, 2.45) is 0 Å². The van der Waals surface area contributed by atoms with Gasteiger partial charge in [-0.15, -0.1) is 5.10 Å². The molecule has 6 heteroatoms. The molecule has 1 fully saturated rings. The Labute approximate surface area is 124 Å². The number of ether oxygens (including phenoxy) is 2. The maximum atomic E-state index is 5.65. The van der Waals surface area contributed by atoms with Crippen molar-refractivity contribution in [1.29, 1.82) is 0 Å². The molecule has 1 aliphatic rings. The number of rotatable bonds is 6. The van der Waals surface area contributed by atoms with E-state index >= 15 is 0 Å². The monoisotopic (exact) mass is 288 g/mol. The number of nitrogens with one attached hydrogen (secondary N) is 1. The summed E-state index contributed by atoms with van der Waals surface area (Å²) >= 11 is 0. The van der Waals surface area contributed by atoms with Crippen LogP contribution in [-0.4, -0.2) is 40.8 Å². The van der Waals surface area contributed by atoms with Crippen LogP contribution in [0.15, 0.2) is 36.5 Å². The highest BCUT2D eigenvalue weighted by atomic mass is 16.5. The molecule has 0 radical (unpaired) electrons. The second-order valence-corrected chi connectivity index (χ2v) is 5.11. The summed E-state index contributed by atoms with van der Waals surface area (Å²) in [5.41, 5.74) is 2.00. The first kappa shape index (κ1) is 14.2. The van der Waals surface area contributed by atoms with Gasteiger partial charge in [-0.1, -0.05) is 35.5 Å². The Balaban J connectivity index is 1.44. The minimum absolute atomic E-state index is 0.165. The first-order chi connectivity index (χ1) is 10.4. The standard InChI is InChI=1S/C15H20N4O2/c1-2-4-13(5-3-1)11-20-12-14-9-19(18-17-14)10-15-8-16-6-7-21-15/h1-5,9,15-16H,6-8,10-12H2/t15-/m0/s1. The van der Waals surface area contributed by atoms with E-state index < -0.39 is 0 Å². The van der Waals surface area contributed by atoms with Crippen LogP contribution in [0.5, 0.6) is 0 Å². The molecular formula is C15H20N4O2. The summed E-state index contributed by atoms with van der Waals surface area (Å²) < 4.78 is 13.1. The van der Waals surface area contributed by atoms with Crippen molar-refractivity contribution < 1.29 is 9.47 Å². The number of aromatic nitrogens is 3. The third kappa shape index (κ3) is 4.35. The van der Waals surface area contributed by atoms with Gasteiger partial charge in [0.1, 0.15) is 5.69 Å². The van der Waals surface area contributed by atoms with Crippen molar-refractivity contribution in [2.45, 2.75) is 25.9 Å². The fraction of sp³-hybridized carbons (Fsp3) is 0.467.